The Balaban J connectivity index is 2.12. The minimum atomic E-state index is 0.0935. The Morgan fingerprint density at radius 1 is 1.40 bits per heavy atom. The fourth-order valence-electron chi connectivity index (χ4n) is 2.94. The van der Waals surface area contributed by atoms with E-state index < -0.39 is 0 Å². The van der Waals surface area contributed by atoms with Crippen molar-refractivity contribution in [3.05, 3.63) is 35.4 Å². The first-order valence-corrected chi connectivity index (χ1v) is 7.26. The number of rotatable bonds is 4. The molecule has 1 saturated heterocycles. The lowest BCUT2D eigenvalue weighted by atomic mass is 9.90. The summed E-state index contributed by atoms with van der Waals surface area (Å²) in [6, 6.07) is 7.81. The van der Waals surface area contributed by atoms with E-state index in [9.17, 15) is 4.79 Å². The fraction of sp³-hybridized carbons (Fsp3) is 0.562. The van der Waals surface area contributed by atoms with Crippen LogP contribution in [-0.4, -0.2) is 37.0 Å². The number of carbonyl (C=O) groups excluding carboxylic acids is 1. The molecule has 4 heteroatoms. The molecule has 1 fully saturated rings. The molecule has 0 radical (unpaired) electrons. The van der Waals surface area contributed by atoms with Crippen molar-refractivity contribution in [2.75, 3.05) is 20.2 Å². The predicted octanol–water partition coefficient (Wildman–Crippen LogP) is 2.03. The van der Waals surface area contributed by atoms with Crippen LogP contribution in [0.25, 0.3) is 0 Å². The zero-order valence-electron chi connectivity index (χ0n) is 12.3. The monoisotopic (exact) mass is 276 g/mol. The van der Waals surface area contributed by atoms with Gasteiger partial charge in [0.1, 0.15) is 0 Å². The highest BCUT2D eigenvalue weighted by atomic mass is 16.5. The number of likely N-dealkylation sites (tertiary alicyclic amines) is 1. The topological polar surface area (TPSA) is 55.6 Å². The van der Waals surface area contributed by atoms with Crippen LogP contribution in [0, 0.1) is 5.92 Å². The minimum absolute atomic E-state index is 0.0935. The Kier molecular flexibility index (Phi) is 5.15. The van der Waals surface area contributed by atoms with E-state index in [1.165, 1.54) is 0 Å². The summed E-state index contributed by atoms with van der Waals surface area (Å²) in [6.07, 6.45) is 2.21. The quantitative estimate of drug-likeness (QED) is 0.915. The van der Waals surface area contributed by atoms with Crippen molar-refractivity contribution in [1.29, 1.82) is 0 Å². The Labute approximate surface area is 120 Å². The van der Waals surface area contributed by atoms with Gasteiger partial charge in [-0.1, -0.05) is 19.1 Å². The minimum Gasteiger partial charge on any atom is -0.380 e. The lowest BCUT2D eigenvalue weighted by molar-refractivity contribution is 0.0532. The Hall–Kier alpha value is -1.39. The molecule has 1 aliphatic heterocycles. The number of hydrogen-bond donors (Lipinski definition) is 1. The van der Waals surface area contributed by atoms with E-state index in [1.807, 2.05) is 29.2 Å². The number of ether oxygens (including phenoxy) is 1. The molecule has 110 valence electrons. The van der Waals surface area contributed by atoms with Crippen molar-refractivity contribution in [2.24, 2.45) is 11.7 Å². The summed E-state index contributed by atoms with van der Waals surface area (Å²) in [7, 11) is 1.67. The summed E-state index contributed by atoms with van der Waals surface area (Å²) < 4.78 is 5.08. The van der Waals surface area contributed by atoms with Crippen LogP contribution in [0.4, 0.5) is 0 Å². The first kappa shape index (κ1) is 15.0. The van der Waals surface area contributed by atoms with Gasteiger partial charge in [-0.25, -0.2) is 0 Å². The summed E-state index contributed by atoms with van der Waals surface area (Å²) in [5, 5.41) is 0. The van der Waals surface area contributed by atoms with Crippen molar-refractivity contribution >= 4 is 5.91 Å². The smallest absolute Gasteiger partial charge is 0.254 e. The second-order valence-electron chi connectivity index (χ2n) is 5.55. The van der Waals surface area contributed by atoms with Gasteiger partial charge in [-0.3, -0.25) is 4.79 Å². The van der Waals surface area contributed by atoms with Gasteiger partial charge in [0.25, 0.3) is 5.91 Å². The molecule has 0 bridgehead atoms. The largest absolute Gasteiger partial charge is 0.380 e. The molecular weight excluding hydrogens is 252 g/mol. The lowest BCUT2D eigenvalue weighted by Crippen LogP contribution is -2.51. The zero-order chi connectivity index (χ0) is 14.5. The Morgan fingerprint density at radius 2 is 2.10 bits per heavy atom. The molecule has 1 heterocycles. The molecule has 2 N–H and O–H groups in total. The second kappa shape index (κ2) is 6.86. The van der Waals surface area contributed by atoms with Crippen LogP contribution in [0.2, 0.25) is 0 Å². The molecule has 0 aromatic heterocycles. The number of benzene rings is 1. The molecule has 0 spiro atoms. The van der Waals surface area contributed by atoms with Gasteiger partial charge in [0.15, 0.2) is 0 Å². The van der Waals surface area contributed by atoms with Gasteiger partial charge in [-0.05, 0) is 36.5 Å². The van der Waals surface area contributed by atoms with E-state index in [-0.39, 0.29) is 11.9 Å². The Bertz CT molecular complexity index is 444. The van der Waals surface area contributed by atoms with Crippen LogP contribution in [0.5, 0.6) is 0 Å². The van der Waals surface area contributed by atoms with E-state index in [4.69, 9.17) is 10.5 Å². The highest BCUT2D eigenvalue weighted by Crippen LogP contribution is 2.24. The average molecular weight is 276 g/mol. The van der Waals surface area contributed by atoms with E-state index in [2.05, 4.69) is 6.92 Å². The van der Waals surface area contributed by atoms with Gasteiger partial charge in [0.2, 0.25) is 0 Å². The average Bonchev–Trinajstić information content (AvgIpc) is 2.47. The molecule has 20 heavy (non-hydrogen) atoms. The normalized spacial score (nSPS) is 22.9. The third-order valence-corrected chi connectivity index (χ3v) is 4.13. The molecule has 1 aromatic rings. The summed E-state index contributed by atoms with van der Waals surface area (Å²) in [5.74, 6) is 0.571. The number of hydrogen-bond acceptors (Lipinski definition) is 3. The van der Waals surface area contributed by atoms with Gasteiger partial charge >= 0.3 is 0 Å². The summed E-state index contributed by atoms with van der Waals surface area (Å²) >= 11 is 0. The number of methoxy groups -OCH3 is 1. The molecule has 2 rings (SSSR count). The van der Waals surface area contributed by atoms with Crippen molar-refractivity contribution in [3.63, 3.8) is 0 Å². The molecule has 2 unspecified atom stereocenters. The molecule has 0 aliphatic carbocycles. The molecule has 2 atom stereocenters. The lowest BCUT2D eigenvalue weighted by Gasteiger charge is -2.39. The van der Waals surface area contributed by atoms with E-state index in [0.717, 1.165) is 30.5 Å². The molecule has 0 saturated carbocycles. The van der Waals surface area contributed by atoms with E-state index >= 15 is 0 Å². The molecule has 4 nitrogen and oxygen atoms in total. The standard InChI is InChI=1S/C16H24N2O2/c1-12-4-3-9-18(15(12)10-17)16(19)14-7-5-13(6-8-14)11-20-2/h5-8,12,15H,3-4,9-11,17H2,1-2H3. The summed E-state index contributed by atoms with van der Waals surface area (Å²) in [5.41, 5.74) is 7.66. The van der Waals surface area contributed by atoms with E-state index in [0.29, 0.717) is 19.1 Å². The van der Waals surface area contributed by atoms with Crippen molar-refractivity contribution in [1.82, 2.24) is 4.90 Å². The summed E-state index contributed by atoms with van der Waals surface area (Å²) in [6.45, 7) is 4.10. The maximum absolute atomic E-state index is 12.6. The number of amides is 1. The van der Waals surface area contributed by atoms with Crippen molar-refractivity contribution in [3.8, 4) is 0 Å². The van der Waals surface area contributed by atoms with Crippen LogP contribution < -0.4 is 5.73 Å². The maximum Gasteiger partial charge on any atom is 0.254 e. The van der Waals surface area contributed by atoms with Crippen LogP contribution in [0.3, 0.4) is 0 Å². The highest BCUT2D eigenvalue weighted by molar-refractivity contribution is 5.94. The number of nitrogens with zero attached hydrogens (tertiary/aromatic N) is 1. The SMILES string of the molecule is COCc1ccc(C(=O)N2CCCC(C)C2CN)cc1. The highest BCUT2D eigenvalue weighted by Gasteiger charge is 2.31. The van der Waals surface area contributed by atoms with Gasteiger partial charge in [0.05, 0.1) is 6.61 Å². The van der Waals surface area contributed by atoms with Gasteiger partial charge in [-0.15, -0.1) is 0 Å². The molecule has 1 aliphatic rings. The summed E-state index contributed by atoms with van der Waals surface area (Å²) in [4.78, 5) is 14.6. The van der Waals surface area contributed by atoms with E-state index in [1.54, 1.807) is 7.11 Å². The second-order valence-corrected chi connectivity index (χ2v) is 5.55. The van der Waals surface area contributed by atoms with Crippen LogP contribution >= 0.6 is 0 Å². The van der Waals surface area contributed by atoms with Crippen molar-refractivity contribution in [2.45, 2.75) is 32.4 Å². The van der Waals surface area contributed by atoms with Crippen LogP contribution in [0.1, 0.15) is 35.7 Å². The number of carbonyl (C=O) groups is 1. The van der Waals surface area contributed by atoms with Crippen molar-refractivity contribution < 1.29 is 9.53 Å². The molecular formula is C16H24N2O2. The first-order chi connectivity index (χ1) is 9.67. The molecule has 1 aromatic carbocycles. The zero-order valence-corrected chi connectivity index (χ0v) is 12.3. The number of piperidine rings is 1. The third kappa shape index (κ3) is 3.19. The third-order valence-electron chi connectivity index (χ3n) is 4.13. The Morgan fingerprint density at radius 3 is 2.70 bits per heavy atom. The van der Waals surface area contributed by atoms with Gasteiger partial charge < -0.3 is 15.4 Å². The van der Waals surface area contributed by atoms with Crippen LogP contribution in [-0.2, 0) is 11.3 Å². The van der Waals surface area contributed by atoms with Gasteiger partial charge in [-0.2, -0.15) is 0 Å². The maximum atomic E-state index is 12.6. The number of nitrogens with two attached hydrogens (primary N) is 1. The first-order valence-electron chi connectivity index (χ1n) is 7.26. The fourth-order valence-corrected chi connectivity index (χ4v) is 2.94. The predicted molar refractivity (Wildman–Crippen MR) is 79.4 cm³/mol. The van der Waals surface area contributed by atoms with Gasteiger partial charge in [0, 0.05) is 31.8 Å². The van der Waals surface area contributed by atoms with Crippen LogP contribution in [0.15, 0.2) is 24.3 Å². The molecule has 1 amide bonds.